The molecule has 0 radical (unpaired) electrons. The van der Waals surface area contributed by atoms with Crippen LogP contribution in [0, 0.1) is 13.8 Å². The van der Waals surface area contributed by atoms with Gasteiger partial charge in [-0.25, -0.2) is 23.2 Å². The molecule has 1 aromatic carbocycles. The van der Waals surface area contributed by atoms with Crippen LogP contribution in [0.2, 0.25) is 5.02 Å². The van der Waals surface area contributed by atoms with Crippen molar-refractivity contribution in [2.75, 3.05) is 4.72 Å². The van der Waals surface area contributed by atoms with Gasteiger partial charge in [-0.3, -0.25) is 4.72 Å². The number of ether oxygens (including phenoxy) is 1. The molecule has 3 aromatic rings. The van der Waals surface area contributed by atoms with Crippen LogP contribution in [-0.4, -0.2) is 24.5 Å². The number of nitrogens with zero attached hydrogens (tertiary/aromatic N) is 2. The highest BCUT2D eigenvalue weighted by Crippen LogP contribution is 2.32. The molecule has 0 atom stereocenters. The van der Waals surface area contributed by atoms with Gasteiger partial charge in [0.2, 0.25) is 5.88 Å². The average molecular weight is 433 g/mol. The number of amides is 1. The average Bonchev–Trinajstić information content (AvgIpc) is 2.63. The second-order valence-electron chi connectivity index (χ2n) is 6.15. The lowest BCUT2D eigenvalue weighted by atomic mass is 9.99. The largest absolute Gasteiger partial charge is 0.411 e. The minimum Gasteiger partial charge on any atom is -0.391 e. The highest BCUT2D eigenvalue weighted by Gasteiger charge is 2.19. The van der Waals surface area contributed by atoms with Crippen LogP contribution < -0.4 is 15.2 Å². The Balaban J connectivity index is 1.98. The van der Waals surface area contributed by atoms with E-state index in [9.17, 15) is 13.2 Å². The number of hydrogen-bond acceptors (Lipinski definition) is 6. The number of nitrogens with two attached hydrogens (primary N) is 1. The normalized spacial score (nSPS) is 11.1. The topological polar surface area (TPSA) is 124 Å². The van der Waals surface area contributed by atoms with Gasteiger partial charge in [-0.15, -0.1) is 0 Å². The molecule has 0 unspecified atom stereocenters. The minimum absolute atomic E-state index is 0.0845. The summed E-state index contributed by atoms with van der Waals surface area (Å²) in [5.41, 5.74) is 8.15. The van der Waals surface area contributed by atoms with Crippen LogP contribution in [0.25, 0.3) is 11.3 Å². The van der Waals surface area contributed by atoms with E-state index < -0.39 is 16.1 Å². The Morgan fingerprint density at radius 2 is 1.83 bits per heavy atom. The van der Waals surface area contributed by atoms with E-state index in [1.54, 1.807) is 6.07 Å². The van der Waals surface area contributed by atoms with Crippen molar-refractivity contribution in [3.05, 3.63) is 64.8 Å². The third kappa shape index (κ3) is 4.64. The molecule has 0 aliphatic carbocycles. The quantitative estimate of drug-likeness (QED) is 0.633. The Labute approximate surface area is 172 Å². The molecule has 1 amide bonds. The predicted molar refractivity (Wildman–Crippen MR) is 109 cm³/mol. The number of halogens is 1. The van der Waals surface area contributed by atoms with Gasteiger partial charge in [-0.2, -0.15) is 0 Å². The van der Waals surface area contributed by atoms with Crippen molar-refractivity contribution in [2.45, 2.75) is 18.7 Å². The fraction of sp³-hybridized carbons (Fsp3) is 0.105. The smallest absolute Gasteiger partial charge is 0.391 e. The van der Waals surface area contributed by atoms with E-state index in [0.717, 1.165) is 22.8 Å². The van der Waals surface area contributed by atoms with Gasteiger partial charge in [0, 0.05) is 17.8 Å². The Morgan fingerprint density at radius 1 is 1.14 bits per heavy atom. The number of aryl methyl sites for hydroxylation is 2. The van der Waals surface area contributed by atoms with E-state index in [1.165, 1.54) is 18.3 Å². The molecule has 2 aromatic heterocycles. The summed E-state index contributed by atoms with van der Waals surface area (Å²) < 4.78 is 32.5. The zero-order chi connectivity index (χ0) is 21.2. The molecule has 0 saturated carbocycles. The summed E-state index contributed by atoms with van der Waals surface area (Å²) in [5, 5.41) is 0.395. The summed E-state index contributed by atoms with van der Waals surface area (Å²) in [6.07, 6.45) is 0.0853. The van der Waals surface area contributed by atoms with Crippen molar-refractivity contribution in [2.24, 2.45) is 5.73 Å². The SMILES string of the molecule is Cc1cccc(C)c1-c1nc(NS(=O)(=O)c2ccnc(OC(N)=O)c2)ccc1Cl. The third-order valence-electron chi connectivity index (χ3n) is 4.02. The highest BCUT2D eigenvalue weighted by atomic mass is 35.5. The zero-order valence-corrected chi connectivity index (χ0v) is 17.1. The van der Waals surface area contributed by atoms with Crippen LogP contribution in [0.1, 0.15) is 11.1 Å². The number of nitrogens with one attached hydrogen (secondary N) is 1. The van der Waals surface area contributed by atoms with Gasteiger partial charge in [0.15, 0.2) is 0 Å². The van der Waals surface area contributed by atoms with Gasteiger partial charge in [0.1, 0.15) is 5.82 Å². The lowest BCUT2D eigenvalue weighted by Gasteiger charge is -2.13. The van der Waals surface area contributed by atoms with Crippen LogP contribution in [-0.2, 0) is 10.0 Å². The fourth-order valence-electron chi connectivity index (χ4n) is 2.78. The Bertz CT molecular complexity index is 1180. The van der Waals surface area contributed by atoms with Crippen molar-refractivity contribution in [3.63, 3.8) is 0 Å². The maximum Gasteiger partial charge on any atom is 0.411 e. The Kier molecular flexibility index (Phi) is 5.71. The number of hydrogen-bond donors (Lipinski definition) is 2. The Morgan fingerprint density at radius 3 is 2.48 bits per heavy atom. The lowest BCUT2D eigenvalue weighted by molar-refractivity contribution is 0.209. The number of aromatic nitrogens is 2. The molecular formula is C19H17ClN4O4S. The molecule has 0 aliphatic heterocycles. The molecule has 29 heavy (non-hydrogen) atoms. The summed E-state index contributed by atoms with van der Waals surface area (Å²) in [4.78, 5) is 18.8. The highest BCUT2D eigenvalue weighted by molar-refractivity contribution is 7.92. The van der Waals surface area contributed by atoms with Crippen molar-refractivity contribution in [1.29, 1.82) is 0 Å². The summed E-state index contributed by atoms with van der Waals surface area (Å²) >= 11 is 6.32. The van der Waals surface area contributed by atoms with Gasteiger partial charge < -0.3 is 10.5 Å². The standard InChI is InChI=1S/C19H17ClN4O4S/c1-11-4-3-5-12(2)17(11)18-14(20)6-7-15(23-18)24-29(26,27)13-8-9-22-16(10-13)28-19(21)25/h3-10H,1-2H3,(H2,21,25)(H,23,24). The van der Waals surface area contributed by atoms with Crippen molar-refractivity contribution < 1.29 is 17.9 Å². The molecular weight excluding hydrogens is 416 g/mol. The number of primary amides is 1. The zero-order valence-electron chi connectivity index (χ0n) is 15.5. The molecule has 0 fully saturated rings. The summed E-state index contributed by atoms with van der Waals surface area (Å²) in [6, 6.07) is 11.1. The minimum atomic E-state index is -4.03. The Hall–Kier alpha value is -3.17. The lowest BCUT2D eigenvalue weighted by Crippen LogP contribution is -2.18. The van der Waals surface area contributed by atoms with Crippen LogP contribution in [0.4, 0.5) is 10.6 Å². The van der Waals surface area contributed by atoms with Gasteiger partial charge in [-0.05, 0) is 43.2 Å². The summed E-state index contributed by atoms with van der Waals surface area (Å²) in [5.74, 6) is -0.151. The van der Waals surface area contributed by atoms with Gasteiger partial charge in [0.25, 0.3) is 10.0 Å². The van der Waals surface area contributed by atoms with E-state index in [2.05, 4.69) is 19.4 Å². The molecule has 0 spiro atoms. The van der Waals surface area contributed by atoms with Crippen molar-refractivity contribution in [3.8, 4) is 17.1 Å². The van der Waals surface area contributed by atoms with Crippen LogP contribution in [0.5, 0.6) is 5.88 Å². The van der Waals surface area contributed by atoms with E-state index in [0.29, 0.717) is 10.7 Å². The maximum absolute atomic E-state index is 12.7. The second kappa shape index (κ2) is 8.06. The van der Waals surface area contributed by atoms with Crippen LogP contribution >= 0.6 is 11.6 Å². The molecule has 8 nitrogen and oxygen atoms in total. The van der Waals surface area contributed by atoms with Crippen molar-refractivity contribution in [1.82, 2.24) is 9.97 Å². The van der Waals surface area contributed by atoms with Crippen molar-refractivity contribution >= 4 is 33.5 Å². The first-order valence-electron chi connectivity index (χ1n) is 8.36. The van der Waals surface area contributed by atoms with Gasteiger partial charge in [0.05, 0.1) is 15.6 Å². The number of rotatable bonds is 5. The van der Waals surface area contributed by atoms with Crippen LogP contribution in [0.3, 0.4) is 0 Å². The third-order valence-corrected chi connectivity index (χ3v) is 5.68. The van der Waals surface area contributed by atoms with Crippen LogP contribution in [0.15, 0.2) is 53.6 Å². The monoisotopic (exact) mass is 432 g/mol. The van der Waals surface area contributed by atoms with E-state index >= 15 is 0 Å². The molecule has 3 N–H and O–H groups in total. The molecule has 10 heteroatoms. The molecule has 2 heterocycles. The maximum atomic E-state index is 12.7. The van der Waals surface area contributed by atoms with Gasteiger partial charge in [-0.1, -0.05) is 29.8 Å². The number of anilines is 1. The second-order valence-corrected chi connectivity index (χ2v) is 8.24. The number of sulfonamides is 1. The fourth-order valence-corrected chi connectivity index (χ4v) is 3.98. The first-order valence-corrected chi connectivity index (χ1v) is 10.2. The van der Waals surface area contributed by atoms with Gasteiger partial charge >= 0.3 is 6.09 Å². The van der Waals surface area contributed by atoms with E-state index in [4.69, 9.17) is 17.3 Å². The predicted octanol–water partition coefficient (Wildman–Crippen LogP) is 3.67. The van der Waals surface area contributed by atoms with E-state index in [-0.39, 0.29) is 16.6 Å². The number of benzene rings is 1. The number of pyridine rings is 2. The number of carbonyl (C=O) groups is 1. The molecule has 0 saturated heterocycles. The number of carbonyl (C=O) groups excluding carboxylic acids is 1. The summed E-state index contributed by atoms with van der Waals surface area (Å²) in [7, 11) is -4.03. The molecule has 150 valence electrons. The molecule has 0 bridgehead atoms. The summed E-state index contributed by atoms with van der Waals surface area (Å²) in [6.45, 7) is 3.85. The molecule has 0 aliphatic rings. The first-order chi connectivity index (χ1) is 13.7. The molecule has 3 rings (SSSR count). The first kappa shape index (κ1) is 20.6. The van der Waals surface area contributed by atoms with E-state index in [1.807, 2.05) is 32.0 Å².